The highest BCUT2D eigenvalue weighted by Crippen LogP contribution is 2.35. The largest absolute Gasteiger partial charge is 0.463 e. The van der Waals surface area contributed by atoms with Gasteiger partial charge in [0.1, 0.15) is 11.5 Å². The van der Waals surface area contributed by atoms with Gasteiger partial charge in [0.2, 0.25) is 0 Å². The quantitative estimate of drug-likeness (QED) is 0.661. The first-order valence-corrected chi connectivity index (χ1v) is 8.25. The third-order valence-corrected chi connectivity index (χ3v) is 4.38. The van der Waals surface area contributed by atoms with Crippen LogP contribution in [0.4, 0.5) is 0 Å². The van der Waals surface area contributed by atoms with Crippen LogP contribution in [0.2, 0.25) is 0 Å². The second-order valence-corrected chi connectivity index (χ2v) is 6.34. The molecule has 120 valence electrons. The Hall–Kier alpha value is -2.60. The molecule has 1 amide bonds. The van der Waals surface area contributed by atoms with Gasteiger partial charge in [-0.05, 0) is 42.0 Å². The Morgan fingerprint density at radius 1 is 1.12 bits per heavy atom. The van der Waals surface area contributed by atoms with E-state index in [0.717, 1.165) is 15.7 Å². The van der Waals surface area contributed by atoms with Crippen LogP contribution in [0.5, 0.6) is 0 Å². The van der Waals surface area contributed by atoms with E-state index < -0.39 is 0 Å². The van der Waals surface area contributed by atoms with Crippen LogP contribution in [-0.4, -0.2) is 16.6 Å². The lowest BCUT2D eigenvalue weighted by atomic mass is 10.0. The number of furan rings is 2. The minimum absolute atomic E-state index is 0.208. The summed E-state index contributed by atoms with van der Waals surface area (Å²) in [4.78, 5) is 12.8. The van der Waals surface area contributed by atoms with Crippen LogP contribution in [0.25, 0.3) is 0 Å². The highest BCUT2D eigenvalue weighted by molar-refractivity contribution is 9.10. The molecule has 1 aliphatic heterocycles. The van der Waals surface area contributed by atoms with Crippen molar-refractivity contribution in [2.75, 3.05) is 0 Å². The van der Waals surface area contributed by atoms with Crippen LogP contribution >= 0.6 is 15.9 Å². The van der Waals surface area contributed by atoms with Gasteiger partial charge in [-0.25, -0.2) is 5.01 Å². The number of hydrogen-bond donors (Lipinski definition) is 0. The van der Waals surface area contributed by atoms with Gasteiger partial charge in [-0.1, -0.05) is 28.1 Å². The highest BCUT2D eigenvalue weighted by atomic mass is 79.9. The SMILES string of the molecule is O=C(c1ccco1)N1N=C(c2ccco2)CC1c1cccc(Br)c1. The van der Waals surface area contributed by atoms with Crippen molar-refractivity contribution in [1.29, 1.82) is 0 Å². The molecule has 3 aromatic rings. The van der Waals surface area contributed by atoms with Crippen LogP contribution in [-0.2, 0) is 0 Å². The van der Waals surface area contributed by atoms with Crippen LogP contribution in [0.3, 0.4) is 0 Å². The van der Waals surface area contributed by atoms with Gasteiger partial charge in [0.05, 0.1) is 18.6 Å². The smallest absolute Gasteiger partial charge is 0.310 e. The van der Waals surface area contributed by atoms with Crippen LogP contribution in [0, 0.1) is 0 Å². The third kappa shape index (κ3) is 2.69. The van der Waals surface area contributed by atoms with Gasteiger partial charge in [-0.3, -0.25) is 4.79 Å². The summed E-state index contributed by atoms with van der Waals surface area (Å²) >= 11 is 3.48. The zero-order valence-corrected chi connectivity index (χ0v) is 14.1. The molecule has 24 heavy (non-hydrogen) atoms. The van der Waals surface area contributed by atoms with E-state index >= 15 is 0 Å². The number of benzene rings is 1. The molecule has 0 radical (unpaired) electrons. The standard InChI is InChI=1S/C18H13BrN2O3/c19-13-5-1-4-12(10-13)15-11-14(16-6-2-8-23-16)20-21(15)18(22)17-7-3-9-24-17/h1-10,15H,11H2. The fourth-order valence-corrected chi connectivity index (χ4v) is 3.19. The Bertz CT molecular complexity index is 885. The maximum absolute atomic E-state index is 12.8. The topological polar surface area (TPSA) is 59.0 Å². The number of halogens is 1. The Morgan fingerprint density at radius 3 is 2.67 bits per heavy atom. The van der Waals surface area contributed by atoms with Gasteiger partial charge in [0, 0.05) is 10.9 Å². The molecule has 6 heteroatoms. The maximum Gasteiger partial charge on any atom is 0.310 e. The maximum atomic E-state index is 12.8. The van der Waals surface area contributed by atoms with Crippen LogP contribution in [0.1, 0.15) is 34.3 Å². The second-order valence-electron chi connectivity index (χ2n) is 5.43. The molecule has 3 heterocycles. The summed E-state index contributed by atoms with van der Waals surface area (Å²) in [6.07, 6.45) is 3.66. The lowest BCUT2D eigenvalue weighted by Gasteiger charge is -2.21. The van der Waals surface area contributed by atoms with Gasteiger partial charge in [-0.2, -0.15) is 5.10 Å². The van der Waals surface area contributed by atoms with Gasteiger partial charge < -0.3 is 8.83 Å². The van der Waals surface area contributed by atoms with Crippen molar-refractivity contribution >= 4 is 27.5 Å². The fourth-order valence-electron chi connectivity index (χ4n) is 2.78. The fraction of sp³-hybridized carbons (Fsp3) is 0.111. The number of nitrogens with zero attached hydrogens (tertiary/aromatic N) is 2. The number of hydrogen-bond acceptors (Lipinski definition) is 4. The second kappa shape index (κ2) is 6.13. The van der Waals surface area contributed by atoms with Crippen molar-refractivity contribution in [3.63, 3.8) is 0 Å². The van der Waals surface area contributed by atoms with Gasteiger partial charge >= 0.3 is 5.91 Å². The molecule has 4 rings (SSSR count). The summed E-state index contributed by atoms with van der Waals surface area (Å²) in [6.45, 7) is 0. The zero-order chi connectivity index (χ0) is 16.5. The Balaban J connectivity index is 1.73. The van der Waals surface area contributed by atoms with Gasteiger partial charge in [-0.15, -0.1) is 0 Å². The predicted molar refractivity (Wildman–Crippen MR) is 91.6 cm³/mol. The molecular weight excluding hydrogens is 372 g/mol. The molecule has 0 N–H and O–H groups in total. The molecule has 0 spiro atoms. The molecule has 0 aliphatic carbocycles. The molecule has 0 saturated carbocycles. The summed E-state index contributed by atoms with van der Waals surface area (Å²) in [5.41, 5.74) is 1.74. The summed E-state index contributed by atoms with van der Waals surface area (Å²) in [5.74, 6) is 0.663. The minimum atomic E-state index is -0.272. The molecule has 1 unspecified atom stereocenters. The van der Waals surface area contributed by atoms with E-state index in [-0.39, 0.29) is 17.7 Å². The van der Waals surface area contributed by atoms with Gasteiger partial charge in [0.25, 0.3) is 0 Å². The lowest BCUT2D eigenvalue weighted by Crippen LogP contribution is -2.26. The van der Waals surface area contributed by atoms with E-state index in [1.165, 1.54) is 11.3 Å². The number of carbonyl (C=O) groups is 1. The Kier molecular flexibility index (Phi) is 3.82. The van der Waals surface area contributed by atoms with E-state index in [9.17, 15) is 4.79 Å². The summed E-state index contributed by atoms with van der Waals surface area (Å²) in [6, 6.07) is 14.6. The van der Waals surface area contributed by atoms with Crippen molar-refractivity contribution in [2.24, 2.45) is 5.10 Å². The number of hydrazone groups is 1. The van der Waals surface area contributed by atoms with Crippen molar-refractivity contribution in [3.8, 4) is 0 Å². The molecule has 0 bridgehead atoms. The first-order valence-electron chi connectivity index (χ1n) is 7.46. The molecular formula is C18H13BrN2O3. The molecule has 1 atom stereocenters. The summed E-state index contributed by atoms with van der Waals surface area (Å²) in [5, 5.41) is 5.98. The van der Waals surface area contributed by atoms with Crippen molar-refractivity contribution < 1.29 is 13.6 Å². The molecule has 0 fully saturated rings. The summed E-state index contributed by atoms with van der Waals surface area (Å²) < 4.78 is 11.6. The molecule has 5 nitrogen and oxygen atoms in total. The normalized spacial score (nSPS) is 17.1. The first-order chi connectivity index (χ1) is 11.7. The van der Waals surface area contributed by atoms with Crippen molar-refractivity contribution in [1.82, 2.24) is 5.01 Å². The van der Waals surface area contributed by atoms with Crippen LogP contribution in [0.15, 0.2) is 79.5 Å². The summed E-state index contributed by atoms with van der Waals surface area (Å²) in [7, 11) is 0. The number of rotatable bonds is 3. The third-order valence-electron chi connectivity index (χ3n) is 3.89. The Labute approximate surface area is 146 Å². The van der Waals surface area contributed by atoms with Crippen LogP contribution < -0.4 is 0 Å². The van der Waals surface area contributed by atoms with Crippen molar-refractivity contribution in [3.05, 3.63) is 82.6 Å². The van der Waals surface area contributed by atoms with E-state index in [2.05, 4.69) is 21.0 Å². The minimum Gasteiger partial charge on any atom is -0.463 e. The first kappa shape index (κ1) is 15.0. The molecule has 1 aliphatic rings. The lowest BCUT2D eigenvalue weighted by molar-refractivity contribution is 0.0678. The predicted octanol–water partition coefficient (Wildman–Crippen LogP) is 4.63. The van der Waals surface area contributed by atoms with E-state index in [4.69, 9.17) is 8.83 Å². The monoisotopic (exact) mass is 384 g/mol. The number of amides is 1. The number of carbonyl (C=O) groups excluding carboxylic acids is 1. The zero-order valence-electron chi connectivity index (χ0n) is 12.6. The van der Waals surface area contributed by atoms with E-state index in [0.29, 0.717) is 12.2 Å². The van der Waals surface area contributed by atoms with E-state index in [1.807, 2.05) is 36.4 Å². The average molecular weight is 385 g/mol. The molecule has 0 saturated heterocycles. The molecule has 2 aromatic heterocycles. The highest BCUT2D eigenvalue weighted by Gasteiger charge is 2.35. The Morgan fingerprint density at radius 2 is 1.96 bits per heavy atom. The van der Waals surface area contributed by atoms with Gasteiger partial charge in [0.15, 0.2) is 5.76 Å². The molecule has 1 aromatic carbocycles. The van der Waals surface area contributed by atoms with E-state index in [1.54, 1.807) is 18.4 Å². The average Bonchev–Trinajstić information content (AvgIpc) is 3.34. The van der Waals surface area contributed by atoms with Crippen molar-refractivity contribution in [2.45, 2.75) is 12.5 Å².